The number of nitrogens with zero attached hydrogens (tertiary/aromatic N) is 2. The molecule has 2 aliphatic heterocycles. The summed E-state index contributed by atoms with van der Waals surface area (Å²) in [5.74, 6) is -0.642. The van der Waals surface area contributed by atoms with E-state index in [1.54, 1.807) is 0 Å². The number of benzene rings is 1. The molecule has 11 heteroatoms. The number of rotatable bonds is 3. The molecule has 3 rings (SSSR count). The van der Waals surface area contributed by atoms with E-state index in [-0.39, 0.29) is 30.3 Å². The largest absolute Gasteiger partial charge is 0.573 e. The van der Waals surface area contributed by atoms with Gasteiger partial charge in [-0.1, -0.05) is 0 Å². The average Bonchev–Trinajstić information content (AvgIpc) is 2.80. The third-order valence-electron chi connectivity index (χ3n) is 4.48. The molecule has 2 saturated heterocycles. The first kappa shape index (κ1) is 18.9. The molecule has 0 unspecified atom stereocenters. The minimum absolute atomic E-state index is 0.122. The summed E-state index contributed by atoms with van der Waals surface area (Å²) in [5, 5.41) is 1.17. The number of alkyl halides is 3. The van der Waals surface area contributed by atoms with Crippen LogP contribution in [-0.2, 0) is 19.7 Å². The van der Waals surface area contributed by atoms with E-state index in [0.717, 1.165) is 24.3 Å². The molecule has 1 aromatic carbocycles. The summed E-state index contributed by atoms with van der Waals surface area (Å²) >= 11 is 0. The predicted octanol–water partition coefficient (Wildman–Crippen LogP) is 1.90. The minimum Gasteiger partial charge on any atom is -0.406 e. The fourth-order valence-corrected chi connectivity index (χ4v) is 4.57. The summed E-state index contributed by atoms with van der Waals surface area (Å²) in [6.07, 6.45) is -3.91. The van der Waals surface area contributed by atoms with E-state index in [2.05, 4.69) is 4.74 Å². The van der Waals surface area contributed by atoms with Gasteiger partial charge in [-0.05, 0) is 37.1 Å². The van der Waals surface area contributed by atoms with Crippen LogP contribution in [0.2, 0.25) is 0 Å². The molecule has 0 saturated carbocycles. The molecule has 26 heavy (non-hydrogen) atoms. The molecule has 1 amide bonds. The van der Waals surface area contributed by atoms with Crippen LogP contribution in [0.5, 0.6) is 5.75 Å². The van der Waals surface area contributed by atoms with Crippen LogP contribution in [0.15, 0.2) is 29.2 Å². The van der Waals surface area contributed by atoms with E-state index in [0.29, 0.717) is 12.8 Å². The van der Waals surface area contributed by atoms with Gasteiger partial charge in [-0.15, -0.1) is 13.2 Å². The van der Waals surface area contributed by atoms with Gasteiger partial charge in [0.25, 0.3) is 0 Å². The Morgan fingerprint density at radius 2 is 1.73 bits per heavy atom. The van der Waals surface area contributed by atoms with Crippen molar-refractivity contribution in [2.45, 2.75) is 36.1 Å². The summed E-state index contributed by atoms with van der Waals surface area (Å²) in [6, 6.07) is 4.06. The van der Waals surface area contributed by atoms with E-state index in [4.69, 9.17) is 4.84 Å². The normalized spacial score (nSPS) is 21.4. The van der Waals surface area contributed by atoms with E-state index in [1.165, 1.54) is 16.4 Å². The average molecular weight is 394 g/mol. The first-order valence-corrected chi connectivity index (χ1v) is 9.26. The second-order valence-electron chi connectivity index (χ2n) is 6.27. The molecular formula is C15H17F3N2O5S. The maximum absolute atomic E-state index is 12.7. The molecule has 2 heterocycles. The van der Waals surface area contributed by atoms with Gasteiger partial charge in [0.2, 0.25) is 15.9 Å². The molecule has 0 bridgehead atoms. The van der Waals surface area contributed by atoms with E-state index in [9.17, 15) is 26.4 Å². The smallest absolute Gasteiger partial charge is 0.406 e. The van der Waals surface area contributed by atoms with Crippen molar-refractivity contribution in [2.24, 2.45) is 0 Å². The number of carbonyl (C=O) groups excluding carboxylic acids is 1. The maximum atomic E-state index is 12.7. The second kappa shape index (κ2) is 6.39. The van der Waals surface area contributed by atoms with Crippen molar-refractivity contribution in [1.29, 1.82) is 0 Å². The summed E-state index contributed by atoms with van der Waals surface area (Å²) in [7, 11) is -2.33. The molecule has 2 aliphatic rings. The number of ether oxygens (including phenoxy) is 1. The molecule has 0 aliphatic carbocycles. The first-order chi connectivity index (χ1) is 12.0. The summed E-state index contributed by atoms with van der Waals surface area (Å²) in [5.41, 5.74) is -0.678. The fraction of sp³-hybridized carbons (Fsp3) is 0.533. The number of hydroxylamine groups is 2. The Balaban J connectivity index is 1.69. The summed E-state index contributed by atoms with van der Waals surface area (Å²) < 4.78 is 66.8. The molecule has 0 aromatic heterocycles. The van der Waals surface area contributed by atoms with Crippen LogP contribution in [-0.4, -0.2) is 55.8 Å². The molecule has 1 aromatic rings. The van der Waals surface area contributed by atoms with Gasteiger partial charge in [0, 0.05) is 20.1 Å². The Morgan fingerprint density at radius 3 is 2.19 bits per heavy atom. The van der Waals surface area contributed by atoms with Crippen LogP contribution in [0, 0.1) is 0 Å². The molecule has 0 radical (unpaired) electrons. The highest BCUT2D eigenvalue weighted by molar-refractivity contribution is 7.89. The zero-order chi connectivity index (χ0) is 19.2. The van der Waals surface area contributed by atoms with Crippen LogP contribution in [0.1, 0.15) is 19.3 Å². The van der Waals surface area contributed by atoms with Crippen molar-refractivity contribution >= 4 is 15.9 Å². The molecule has 0 atom stereocenters. The lowest BCUT2D eigenvalue weighted by molar-refractivity contribution is -0.274. The van der Waals surface area contributed by atoms with Crippen LogP contribution >= 0.6 is 0 Å². The van der Waals surface area contributed by atoms with Crippen LogP contribution < -0.4 is 4.74 Å². The van der Waals surface area contributed by atoms with Gasteiger partial charge in [0.05, 0.1) is 11.3 Å². The standard InChI is InChI=1S/C15H17F3N2O5S/c1-19-13(21)10-14(25-19)6-8-20(9-7-14)26(22,23)12-4-2-11(3-5-12)24-15(16,17)18/h2-5H,6-10H2,1H3. The zero-order valence-electron chi connectivity index (χ0n) is 13.8. The highest BCUT2D eigenvalue weighted by Crippen LogP contribution is 2.37. The highest BCUT2D eigenvalue weighted by Gasteiger charge is 2.47. The van der Waals surface area contributed by atoms with Gasteiger partial charge in [-0.3, -0.25) is 9.63 Å². The SMILES string of the molecule is CN1OC2(CCN(S(=O)(=O)c3ccc(OC(F)(F)F)cc3)CC2)CC1=O. The van der Waals surface area contributed by atoms with Crippen molar-refractivity contribution in [1.82, 2.24) is 9.37 Å². The summed E-state index contributed by atoms with van der Waals surface area (Å²) in [4.78, 5) is 17.1. The van der Waals surface area contributed by atoms with Gasteiger partial charge < -0.3 is 4.74 Å². The number of sulfonamides is 1. The molecule has 144 valence electrons. The minimum atomic E-state index is -4.84. The van der Waals surface area contributed by atoms with Crippen molar-refractivity contribution in [3.05, 3.63) is 24.3 Å². The van der Waals surface area contributed by atoms with Gasteiger partial charge >= 0.3 is 6.36 Å². The Kier molecular flexibility index (Phi) is 4.65. The zero-order valence-corrected chi connectivity index (χ0v) is 14.6. The van der Waals surface area contributed by atoms with E-state index >= 15 is 0 Å². The van der Waals surface area contributed by atoms with Gasteiger partial charge in [0.1, 0.15) is 11.4 Å². The number of halogens is 3. The number of hydrogen-bond acceptors (Lipinski definition) is 5. The molecule has 2 fully saturated rings. The maximum Gasteiger partial charge on any atom is 0.573 e. The third kappa shape index (κ3) is 3.79. The van der Waals surface area contributed by atoms with Crippen molar-refractivity contribution in [2.75, 3.05) is 20.1 Å². The van der Waals surface area contributed by atoms with E-state index in [1.807, 2.05) is 0 Å². The lowest BCUT2D eigenvalue weighted by atomic mass is 9.90. The Labute approximate surface area is 148 Å². The number of piperidine rings is 1. The predicted molar refractivity (Wildman–Crippen MR) is 82.3 cm³/mol. The van der Waals surface area contributed by atoms with Gasteiger partial charge in [-0.25, -0.2) is 13.5 Å². The van der Waals surface area contributed by atoms with Crippen molar-refractivity contribution in [3.8, 4) is 5.75 Å². The highest BCUT2D eigenvalue weighted by atomic mass is 32.2. The lowest BCUT2D eigenvalue weighted by Gasteiger charge is -2.36. The first-order valence-electron chi connectivity index (χ1n) is 7.82. The second-order valence-corrected chi connectivity index (χ2v) is 8.20. The van der Waals surface area contributed by atoms with Crippen LogP contribution in [0.25, 0.3) is 0 Å². The van der Waals surface area contributed by atoms with E-state index < -0.39 is 27.7 Å². The van der Waals surface area contributed by atoms with Gasteiger partial charge in [-0.2, -0.15) is 4.31 Å². The number of amides is 1. The van der Waals surface area contributed by atoms with Crippen molar-refractivity contribution < 1.29 is 36.0 Å². The number of hydrogen-bond donors (Lipinski definition) is 0. The Morgan fingerprint density at radius 1 is 1.15 bits per heavy atom. The molecule has 7 nitrogen and oxygen atoms in total. The molecule has 1 spiro atoms. The molecule has 0 N–H and O–H groups in total. The Bertz CT molecular complexity index is 786. The Hall–Kier alpha value is -1.85. The quantitative estimate of drug-likeness (QED) is 0.783. The lowest BCUT2D eigenvalue weighted by Crippen LogP contribution is -2.46. The number of carbonyl (C=O) groups is 1. The molecular weight excluding hydrogens is 377 g/mol. The van der Waals surface area contributed by atoms with Crippen LogP contribution in [0.3, 0.4) is 0 Å². The van der Waals surface area contributed by atoms with Crippen molar-refractivity contribution in [3.63, 3.8) is 0 Å². The monoisotopic (exact) mass is 394 g/mol. The fourth-order valence-electron chi connectivity index (χ4n) is 3.13. The summed E-state index contributed by atoms with van der Waals surface area (Å²) in [6.45, 7) is 0.314. The van der Waals surface area contributed by atoms with Gasteiger partial charge in [0.15, 0.2) is 0 Å². The van der Waals surface area contributed by atoms with Crippen LogP contribution in [0.4, 0.5) is 13.2 Å². The third-order valence-corrected chi connectivity index (χ3v) is 6.40. The topological polar surface area (TPSA) is 76.2 Å².